The predicted octanol–water partition coefficient (Wildman–Crippen LogP) is 21.7. The molecule has 0 amide bonds. The van der Waals surface area contributed by atoms with Crippen molar-refractivity contribution in [2.45, 2.75) is 0 Å². The number of hydrogen-bond donors (Lipinski definition) is 0. The topological polar surface area (TPSA) is 13.1 Å². The Morgan fingerprint density at radius 2 is 0.532 bits per heavy atom. The minimum atomic E-state index is 0.906. The first-order valence-corrected chi connectivity index (χ1v) is 26.6. The van der Waals surface area contributed by atoms with Crippen molar-refractivity contribution in [3.05, 3.63) is 279 Å². The van der Waals surface area contributed by atoms with E-state index in [4.69, 9.17) is 4.42 Å². The van der Waals surface area contributed by atoms with Gasteiger partial charge in [-0.15, -0.1) is 0 Å². The van der Waals surface area contributed by atoms with Gasteiger partial charge in [-0.3, -0.25) is 0 Å². The van der Waals surface area contributed by atoms with Gasteiger partial charge in [0, 0.05) is 21.9 Å². The van der Waals surface area contributed by atoms with Crippen LogP contribution in [0.5, 0.6) is 0 Å². The van der Waals surface area contributed by atoms with E-state index in [2.05, 4.69) is 273 Å². The van der Waals surface area contributed by atoms with E-state index in [0.717, 1.165) is 27.5 Å². The molecule has 0 radical (unpaired) electrons. The second-order valence-electron chi connectivity index (χ2n) is 20.6. The number of para-hydroxylation sites is 2. The summed E-state index contributed by atoms with van der Waals surface area (Å²) in [6.07, 6.45) is 0. The molecule has 1 heteroatoms. The normalized spacial score (nSPS) is 11.9. The fraction of sp³-hybridized carbons (Fsp3) is 0. The molecule has 0 aliphatic heterocycles. The number of fused-ring (bicyclic) bond motifs is 10. The van der Waals surface area contributed by atoms with Gasteiger partial charge in [0.05, 0.1) is 0 Å². The average molecular weight is 975 g/mol. The van der Waals surface area contributed by atoms with Gasteiger partial charge in [0.25, 0.3) is 0 Å². The maximum Gasteiger partial charge on any atom is 0.143 e. The number of benzene rings is 15. The van der Waals surface area contributed by atoms with Gasteiger partial charge < -0.3 is 4.42 Å². The molecule has 1 aromatic heterocycles. The summed E-state index contributed by atoms with van der Waals surface area (Å²) in [5.41, 5.74) is 16.4. The van der Waals surface area contributed by atoms with Gasteiger partial charge in [0.2, 0.25) is 0 Å². The highest BCUT2D eigenvalue weighted by Gasteiger charge is 2.22. The molecule has 0 saturated carbocycles. The van der Waals surface area contributed by atoms with E-state index in [1.807, 2.05) is 6.07 Å². The molecule has 1 nitrogen and oxygen atoms in total. The summed E-state index contributed by atoms with van der Waals surface area (Å²) in [6, 6.07) is 103. The predicted molar refractivity (Wildman–Crippen MR) is 329 cm³/mol. The lowest BCUT2D eigenvalue weighted by molar-refractivity contribution is 0.670. The van der Waals surface area contributed by atoms with Gasteiger partial charge in [-0.1, -0.05) is 255 Å². The zero-order chi connectivity index (χ0) is 50.6. The molecule has 0 aliphatic carbocycles. The van der Waals surface area contributed by atoms with Gasteiger partial charge in [-0.05, 0) is 155 Å². The number of furan rings is 1. The smallest absolute Gasteiger partial charge is 0.143 e. The molecule has 0 unspecified atom stereocenters. The molecule has 77 heavy (non-hydrogen) atoms. The van der Waals surface area contributed by atoms with Gasteiger partial charge >= 0.3 is 0 Å². The zero-order valence-corrected chi connectivity index (χ0v) is 42.0. The lowest BCUT2D eigenvalue weighted by Gasteiger charge is -2.19. The number of rotatable bonds is 6. The van der Waals surface area contributed by atoms with Crippen molar-refractivity contribution in [2.24, 2.45) is 0 Å². The summed E-state index contributed by atoms with van der Waals surface area (Å²) in [5.74, 6) is 0. The Hall–Kier alpha value is -10.1. The van der Waals surface area contributed by atoms with Gasteiger partial charge in [-0.25, -0.2) is 0 Å². The summed E-state index contributed by atoms with van der Waals surface area (Å²) in [4.78, 5) is 0. The van der Waals surface area contributed by atoms with Crippen LogP contribution >= 0.6 is 0 Å². The molecule has 0 spiro atoms. The summed E-state index contributed by atoms with van der Waals surface area (Å²) in [5, 5.41) is 19.5. The quantitative estimate of drug-likeness (QED) is 0.151. The Morgan fingerprint density at radius 1 is 0.182 bits per heavy atom. The highest BCUT2D eigenvalue weighted by atomic mass is 16.3. The van der Waals surface area contributed by atoms with Crippen molar-refractivity contribution < 1.29 is 4.42 Å². The molecule has 0 bridgehead atoms. The van der Waals surface area contributed by atoms with Crippen molar-refractivity contribution in [1.82, 2.24) is 0 Å². The van der Waals surface area contributed by atoms with Crippen molar-refractivity contribution in [3.63, 3.8) is 0 Å². The van der Waals surface area contributed by atoms with E-state index in [-0.39, 0.29) is 0 Å². The summed E-state index contributed by atoms with van der Waals surface area (Å²) in [6.45, 7) is 0. The highest BCUT2D eigenvalue weighted by Crippen LogP contribution is 2.49. The van der Waals surface area contributed by atoms with Crippen LogP contribution in [-0.2, 0) is 0 Å². The van der Waals surface area contributed by atoms with Crippen LogP contribution in [0.25, 0.3) is 164 Å². The summed E-state index contributed by atoms with van der Waals surface area (Å²) in [7, 11) is 0. The molecule has 1 heterocycles. The standard InChI is InChI=1S/C76H46O/c1-2-17-50-44-51(39-36-47(50)16-1)48-34-37-49(38-35-48)72-61-21-3-5-23-63(61)73(64-24-6-4-22-62(64)72)59-29-13-18-54-45-52(40-42-56(54)59)53-41-43-57-55(46-53)19-14-30-60(57)74-65-25-7-9-27-67(65)75(68-28-10-8-26-66(68)74)70-32-15-31-69-58-20-11-12-33-71(58)77-76(69)70/h1-46H. The van der Waals surface area contributed by atoms with E-state index in [1.165, 1.54) is 137 Å². The van der Waals surface area contributed by atoms with E-state index >= 15 is 0 Å². The third-order valence-electron chi connectivity index (χ3n) is 16.4. The molecular weight excluding hydrogens is 929 g/mol. The lowest BCUT2D eigenvalue weighted by Crippen LogP contribution is -1.92. The molecule has 0 fully saturated rings. The summed E-state index contributed by atoms with van der Waals surface area (Å²) >= 11 is 0. The minimum absolute atomic E-state index is 0.906. The van der Waals surface area contributed by atoms with Gasteiger partial charge in [-0.2, -0.15) is 0 Å². The maximum atomic E-state index is 6.67. The van der Waals surface area contributed by atoms with Crippen LogP contribution in [0, 0.1) is 0 Å². The molecule has 356 valence electrons. The summed E-state index contributed by atoms with van der Waals surface area (Å²) < 4.78 is 6.67. The minimum Gasteiger partial charge on any atom is -0.455 e. The molecule has 16 rings (SSSR count). The highest BCUT2D eigenvalue weighted by molar-refractivity contribution is 6.27. The first-order chi connectivity index (χ1) is 38.2. The fourth-order valence-corrected chi connectivity index (χ4v) is 12.9. The van der Waals surface area contributed by atoms with Gasteiger partial charge in [0.15, 0.2) is 0 Å². The van der Waals surface area contributed by atoms with E-state index in [0.29, 0.717) is 0 Å². The second-order valence-corrected chi connectivity index (χ2v) is 20.6. The Bertz CT molecular complexity index is 4980. The Morgan fingerprint density at radius 3 is 1.08 bits per heavy atom. The van der Waals surface area contributed by atoms with Crippen molar-refractivity contribution in [1.29, 1.82) is 0 Å². The van der Waals surface area contributed by atoms with Crippen LogP contribution in [0.4, 0.5) is 0 Å². The molecule has 0 atom stereocenters. The van der Waals surface area contributed by atoms with Crippen LogP contribution in [0.15, 0.2) is 283 Å². The zero-order valence-electron chi connectivity index (χ0n) is 42.0. The largest absolute Gasteiger partial charge is 0.455 e. The first-order valence-electron chi connectivity index (χ1n) is 26.6. The Balaban J connectivity index is 0.798. The van der Waals surface area contributed by atoms with Crippen molar-refractivity contribution >= 4 is 97.3 Å². The average Bonchev–Trinajstić information content (AvgIpc) is 4.01. The monoisotopic (exact) mass is 974 g/mol. The Labute approximate surface area is 445 Å². The van der Waals surface area contributed by atoms with E-state index < -0.39 is 0 Å². The third-order valence-corrected chi connectivity index (χ3v) is 16.4. The maximum absolute atomic E-state index is 6.67. The second kappa shape index (κ2) is 17.2. The van der Waals surface area contributed by atoms with Gasteiger partial charge in [0.1, 0.15) is 11.2 Å². The molecule has 0 saturated heterocycles. The third kappa shape index (κ3) is 6.81. The molecule has 16 aromatic rings. The Kier molecular flexibility index (Phi) is 9.71. The van der Waals surface area contributed by atoms with Crippen LogP contribution in [0.2, 0.25) is 0 Å². The molecule has 0 N–H and O–H groups in total. The van der Waals surface area contributed by atoms with E-state index in [9.17, 15) is 0 Å². The number of hydrogen-bond acceptors (Lipinski definition) is 1. The van der Waals surface area contributed by atoms with Crippen LogP contribution in [-0.4, -0.2) is 0 Å². The molecule has 15 aromatic carbocycles. The van der Waals surface area contributed by atoms with Crippen molar-refractivity contribution in [2.75, 3.05) is 0 Å². The van der Waals surface area contributed by atoms with Crippen molar-refractivity contribution in [3.8, 4) is 66.8 Å². The van der Waals surface area contributed by atoms with E-state index in [1.54, 1.807) is 0 Å². The van der Waals surface area contributed by atoms with Crippen LogP contribution < -0.4 is 0 Å². The lowest BCUT2D eigenvalue weighted by atomic mass is 9.84. The SMILES string of the molecule is c1ccc2cc(-c3ccc(-c4c5ccccc5c(-c5cccc6cc(-c7ccc8c(-c9c%10ccccc%10c(-c%10cccc%11c%10oc%10ccccc%10%11)c%10ccccc9%10)cccc8c7)ccc56)c5ccccc45)cc3)ccc2c1. The first kappa shape index (κ1) is 43.3. The fourth-order valence-electron chi connectivity index (χ4n) is 12.9. The molecular formula is C76H46O. The van der Waals surface area contributed by atoms with Crippen LogP contribution in [0.1, 0.15) is 0 Å². The van der Waals surface area contributed by atoms with Crippen LogP contribution in [0.3, 0.4) is 0 Å². The molecule has 0 aliphatic rings.